The van der Waals surface area contributed by atoms with Crippen molar-refractivity contribution >= 4 is 74.8 Å². The van der Waals surface area contributed by atoms with E-state index in [9.17, 15) is 19.2 Å². The largest absolute Gasteiger partial charge is 0.481 e. The zero-order chi connectivity index (χ0) is 47.0. The van der Waals surface area contributed by atoms with Gasteiger partial charge in [-0.25, -0.2) is 0 Å². The van der Waals surface area contributed by atoms with Crippen molar-refractivity contribution in [1.82, 2.24) is 9.80 Å². The number of carbonyl (C=O) groups excluding carboxylic acids is 4. The number of fused-ring (bicyclic) bond motifs is 2. The lowest BCUT2D eigenvalue weighted by atomic mass is 10.0. The van der Waals surface area contributed by atoms with Gasteiger partial charge in [0, 0.05) is 88.8 Å². The lowest BCUT2D eigenvalue weighted by molar-refractivity contribution is -0.114. The van der Waals surface area contributed by atoms with Gasteiger partial charge in [0.05, 0.1) is 47.1 Å². The van der Waals surface area contributed by atoms with Crippen molar-refractivity contribution in [3.63, 3.8) is 0 Å². The van der Waals surface area contributed by atoms with Crippen LogP contribution in [0.3, 0.4) is 0 Å². The molecule has 4 aromatic carbocycles. The van der Waals surface area contributed by atoms with Gasteiger partial charge in [-0.1, -0.05) is 42.1 Å². The van der Waals surface area contributed by atoms with Crippen LogP contribution in [0.5, 0.6) is 0 Å². The van der Waals surface area contributed by atoms with Gasteiger partial charge in [0.1, 0.15) is 22.7 Å². The Labute approximate surface area is 395 Å². The van der Waals surface area contributed by atoms with Crippen molar-refractivity contribution in [3.8, 4) is 0 Å². The van der Waals surface area contributed by atoms with Crippen LogP contribution >= 0.6 is 11.8 Å². The number of rotatable bonds is 8. The van der Waals surface area contributed by atoms with Crippen LogP contribution in [0.2, 0.25) is 0 Å². The van der Waals surface area contributed by atoms with E-state index in [-0.39, 0.29) is 23.5 Å². The van der Waals surface area contributed by atoms with Crippen LogP contribution in [-0.2, 0) is 28.6 Å². The summed E-state index contributed by atoms with van der Waals surface area (Å²) < 4.78 is 18.1. The molecule has 67 heavy (non-hydrogen) atoms. The number of ketones is 1. The number of allylic oxidation sites excluding steroid dienone is 2. The van der Waals surface area contributed by atoms with E-state index in [1.165, 1.54) is 37.9 Å². The molecule has 2 fully saturated rings. The Morgan fingerprint density at radius 1 is 0.642 bits per heavy atom. The second-order valence-corrected chi connectivity index (χ2v) is 19.4. The van der Waals surface area contributed by atoms with Crippen LogP contribution in [0.15, 0.2) is 130 Å². The average molecular weight is 921 g/mol. The molecule has 0 spiro atoms. The van der Waals surface area contributed by atoms with Gasteiger partial charge in [0.25, 0.3) is 11.8 Å². The van der Waals surface area contributed by atoms with Gasteiger partial charge in [0.2, 0.25) is 5.91 Å². The van der Waals surface area contributed by atoms with E-state index < -0.39 is 11.2 Å². The highest BCUT2D eigenvalue weighted by molar-refractivity contribution is 7.99. The first-order valence-electron chi connectivity index (χ1n) is 22.9. The summed E-state index contributed by atoms with van der Waals surface area (Å²) >= 11 is 1.51. The summed E-state index contributed by atoms with van der Waals surface area (Å²) in [4.78, 5) is 55.8. The van der Waals surface area contributed by atoms with E-state index in [1.54, 1.807) is 6.92 Å². The molecule has 2 saturated heterocycles. The predicted octanol–water partition coefficient (Wildman–Crippen LogP) is 9.96. The molecule has 0 radical (unpaired) electrons. The number of nitrogens with one attached hydrogen (secondary N) is 4. The van der Waals surface area contributed by atoms with Crippen molar-refractivity contribution in [2.24, 2.45) is 0 Å². The van der Waals surface area contributed by atoms with Crippen molar-refractivity contribution in [3.05, 3.63) is 137 Å². The standard InChI is InChI=1S/C27H30N4O3.C26H26N2O4S/c1-17(32)28-18-8-7-9-19(14-18)29-20-10-11-21-22(15-20)30-26(33)25(21)23-16-24(27(2,3)34-23)31-12-5-4-6-13-31;1-16(29)18-6-4-5-7-22(18)33-17-8-9-19-20(14-17)27-25(30)24(19)21-15-23(26(2,3)32-21)28-10-12-31-13-11-28/h7-11,14-16,29H,4-6,12-13H2,1-3H3,(H,28,32)(H,30,33);4-9,14-15H,10-13H2,1-3H3,(H,27,30)/b25-23+;24-21+. The molecule has 14 heteroatoms. The third-order valence-electron chi connectivity index (χ3n) is 12.5. The fourth-order valence-corrected chi connectivity index (χ4v) is 10.4. The third kappa shape index (κ3) is 9.59. The van der Waals surface area contributed by atoms with E-state index in [0.717, 1.165) is 86.9 Å². The van der Waals surface area contributed by atoms with Gasteiger partial charge in [-0.2, -0.15) is 0 Å². The Kier molecular flexibility index (Phi) is 12.5. The Morgan fingerprint density at radius 3 is 1.84 bits per heavy atom. The SMILES string of the molecule is CC(=O)Nc1cccc(Nc2ccc3c(c2)NC(=O)/C3=C2\C=C(N3CCCCC3)C(C)(C)O2)c1.CC(=O)c1ccccc1Sc1ccc2c(c1)NC(=O)/C2=C1\C=C(N2CCOCC2)C(C)(C)O1. The number of hydrogen-bond acceptors (Lipinski definition) is 11. The first-order valence-corrected chi connectivity index (χ1v) is 23.7. The summed E-state index contributed by atoms with van der Waals surface area (Å²) in [6.07, 6.45) is 7.69. The maximum atomic E-state index is 13.0. The summed E-state index contributed by atoms with van der Waals surface area (Å²) in [5, 5.41) is 12.1. The molecule has 0 unspecified atom stereocenters. The Bertz CT molecular complexity index is 2810. The highest BCUT2D eigenvalue weighted by Gasteiger charge is 2.41. The summed E-state index contributed by atoms with van der Waals surface area (Å²) in [6, 6.07) is 26.7. The molecule has 13 nitrogen and oxygen atoms in total. The lowest BCUT2D eigenvalue weighted by Crippen LogP contribution is -2.41. The molecule has 10 rings (SSSR count). The molecular weight excluding hydrogens is 865 g/mol. The number of ether oxygens (including phenoxy) is 3. The summed E-state index contributed by atoms with van der Waals surface area (Å²) in [7, 11) is 0. The number of nitrogens with zero attached hydrogens (tertiary/aromatic N) is 2. The lowest BCUT2D eigenvalue weighted by Gasteiger charge is -2.35. The molecular formula is C53H56N6O7S. The van der Waals surface area contributed by atoms with Crippen molar-refractivity contribution in [2.75, 3.05) is 60.7 Å². The quantitative estimate of drug-likeness (QED) is 0.0988. The highest BCUT2D eigenvalue weighted by Crippen LogP contribution is 2.45. The molecule has 6 heterocycles. The predicted molar refractivity (Wildman–Crippen MR) is 263 cm³/mol. The van der Waals surface area contributed by atoms with E-state index in [2.05, 4.69) is 51.0 Å². The van der Waals surface area contributed by atoms with Gasteiger partial charge in [-0.15, -0.1) is 0 Å². The maximum absolute atomic E-state index is 13.0. The van der Waals surface area contributed by atoms with Crippen LogP contribution in [0.25, 0.3) is 11.1 Å². The Morgan fingerprint density at radius 2 is 1.21 bits per heavy atom. The summed E-state index contributed by atoms with van der Waals surface area (Å²) in [5.74, 6) is 0.824. The minimum absolute atomic E-state index is 0.0310. The van der Waals surface area contributed by atoms with Gasteiger partial charge in [0.15, 0.2) is 5.78 Å². The summed E-state index contributed by atoms with van der Waals surface area (Å²) in [6.45, 7) is 16.3. The number of hydrogen-bond donors (Lipinski definition) is 4. The molecule has 0 aliphatic carbocycles. The fraction of sp³-hybridized carbons (Fsp3) is 0.321. The molecule has 4 aromatic rings. The Hall–Kier alpha value is -6.77. The zero-order valence-electron chi connectivity index (χ0n) is 38.8. The number of Topliss-reactive ketones (excluding diaryl/α,β-unsaturated/α-hetero) is 1. The molecule has 0 bridgehead atoms. The van der Waals surface area contributed by atoms with Gasteiger partial charge in [-0.3, -0.25) is 19.2 Å². The van der Waals surface area contributed by atoms with Gasteiger partial charge in [-0.05, 0) is 108 Å². The number of amides is 3. The van der Waals surface area contributed by atoms with Crippen LogP contribution in [0, 0.1) is 0 Å². The number of carbonyl (C=O) groups is 4. The number of piperidine rings is 1. The Balaban J connectivity index is 0.000000168. The van der Waals surface area contributed by atoms with E-state index in [0.29, 0.717) is 41.4 Å². The van der Waals surface area contributed by atoms with Crippen LogP contribution in [-0.4, -0.2) is 83.9 Å². The second-order valence-electron chi connectivity index (χ2n) is 18.3. The smallest absolute Gasteiger partial charge is 0.260 e. The highest BCUT2D eigenvalue weighted by atomic mass is 32.2. The van der Waals surface area contributed by atoms with E-state index in [4.69, 9.17) is 14.2 Å². The van der Waals surface area contributed by atoms with Crippen LogP contribution in [0.1, 0.15) is 82.3 Å². The monoisotopic (exact) mass is 920 g/mol. The number of anilines is 5. The van der Waals surface area contributed by atoms with Crippen molar-refractivity contribution in [2.45, 2.75) is 81.8 Å². The number of benzene rings is 4. The van der Waals surface area contributed by atoms with E-state index in [1.807, 2.05) is 105 Å². The van der Waals surface area contributed by atoms with Gasteiger partial charge >= 0.3 is 0 Å². The first-order chi connectivity index (χ1) is 32.1. The molecule has 346 valence electrons. The number of morpholine rings is 1. The first kappa shape index (κ1) is 45.4. The van der Waals surface area contributed by atoms with Crippen molar-refractivity contribution in [1.29, 1.82) is 0 Å². The molecule has 0 aromatic heterocycles. The molecule has 4 N–H and O–H groups in total. The maximum Gasteiger partial charge on any atom is 0.260 e. The second kappa shape index (κ2) is 18.5. The summed E-state index contributed by atoms with van der Waals surface area (Å²) in [5.41, 5.74) is 8.61. The minimum Gasteiger partial charge on any atom is -0.481 e. The molecule has 6 aliphatic rings. The molecule has 0 atom stereocenters. The average Bonchev–Trinajstić information content (AvgIpc) is 4.01. The van der Waals surface area contributed by atoms with E-state index >= 15 is 0 Å². The van der Waals surface area contributed by atoms with Crippen LogP contribution in [0.4, 0.5) is 28.4 Å². The number of likely N-dealkylation sites (tertiary alicyclic amines) is 1. The fourth-order valence-electron chi connectivity index (χ4n) is 9.41. The minimum atomic E-state index is -0.519. The topological polar surface area (TPSA) is 151 Å². The van der Waals surface area contributed by atoms with Crippen LogP contribution < -0.4 is 21.3 Å². The molecule has 3 amide bonds. The zero-order valence-corrected chi connectivity index (χ0v) is 39.6. The van der Waals surface area contributed by atoms with Crippen molar-refractivity contribution < 1.29 is 33.4 Å². The molecule has 0 saturated carbocycles. The normalized spacial score (nSPS) is 21.1. The van der Waals surface area contributed by atoms with Gasteiger partial charge < -0.3 is 45.3 Å². The third-order valence-corrected chi connectivity index (χ3v) is 13.6. The molecule has 6 aliphatic heterocycles.